The molecule has 0 saturated carbocycles. The molecule has 0 N–H and O–H groups in total. The number of anilines is 1. The van der Waals surface area contributed by atoms with Gasteiger partial charge in [-0.25, -0.2) is 0 Å². The highest BCUT2D eigenvalue weighted by Gasteiger charge is 2.31. The Morgan fingerprint density at radius 1 is 0.871 bits per heavy atom. The van der Waals surface area contributed by atoms with Crippen molar-refractivity contribution in [2.24, 2.45) is 0 Å². The standard InChI is InChI=1S/C24H22ClN3O3/c25-20-11-12-21(22(17-20)28(30)31)26-13-15-27(16-14-26)24(29)23(18-7-3-1-4-8-18)19-9-5-2-6-10-19/h1-12,17,23H,13-16H2. The van der Waals surface area contributed by atoms with E-state index in [-0.39, 0.29) is 17.5 Å². The predicted molar refractivity (Wildman–Crippen MR) is 122 cm³/mol. The molecule has 0 unspecified atom stereocenters. The van der Waals surface area contributed by atoms with E-state index < -0.39 is 4.92 Å². The van der Waals surface area contributed by atoms with Gasteiger partial charge in [-0.05, 0) is 23.3 Å². The van der Waals surface area contributed by atoms with Gasteiger partial charge in [-0.1, -0.05) is 72.3 Å². The fraction of sp³-hybridized carbons (Fsp3) is 0.208. The third-order valence-electron chi connectivity index (χ3n) is 5.58. The molecule has 1 fully saturated rings. The average Bonchev–Trinajstić information content (AvgIpc) is 2.81. The van der Waals surface area contributed by atoms with Crippen LogP contribution in [-0.4, -0.2) is 41.9 Å². The number of hydrogen-bond acceptors (Lipinski definition) is 4. The first-order valence-electron chi connectivity index (χ1n) is 10.1. The van der Waals surface area contributed by atoms with E-state index in [0.29, 0.717) is 36.9 Å². The Hall–Kier alpha value is -3.38. The largest absolute Gasteiger partial charge is 0.362 e. The number of halogens is 1. The Balaban J connectivity index is 1.54. The number of benzene rings is 3. The van der Waals surface area contributed by atoms with E-state index in [4.69, 9.17) is 11.6 Å². The van der Waals surface area contributed by atoms with Crippen LogP contribution >= 0.6 is 11.6 Å². The minimum Gasteiger partial charge on any atom is -0.362 e. The molecule has 0 aromatic heterocycles. The second kappa shape index (κ2) is 9.18. The van der Waals surface area contributed by atoms with Crippen molar-refractivity contribution < 1.29 is 9.72 Å². The lowest BCUT2D eigenvalue weighted by Crippen LogP contribution is -2.50. The molecular formula is C24H22ClN3O3. The molecule has 1 saturated heterocycles. The molecule has 0 aliphatic carbocycles. The molecule has 4 rings (SSSR count). The number of nitro benzene ring substituents is 1. The van der Waals surface area contributed by atoms with Crippen molar-refractivity contribution in [2.75, 3.05) is 31.1 Å². The molecule has 31 heavy (non-hydrogen) atoms. The summed E-state index contributed by atoms with van der Waals surface area (Å²) in [7, 11) is 0. The Labute approximate surface area is 185 Å². The molecule has 6 nitrogen and oxygen atoms in total. The van der Waals surface area contributed by atoms with Crippen LogP contribution in [0.1, 0.15) is 17.0 Å². The number of nitrogens with zero attached hydrogens (tertiary/aromatic N) is 3. The summed E-state index contributed by atoms with van der Waals surface area (Å²) in [5.41, 5.74) is 2.42. The summed E-state index contributed by atoms with van der Waals surface area (Å²) in [4.78, 5) is 28.4. The minimum atomic E-state index is -0.417. The molecule has 1 amide bonds. The quantitative estimate of drug-likeness (QED) is 0.429. The van der Waals surface area contributed by atoms with Gasteiger partial charge in [0.1, 0.15) is 5.69 Å². The molecule has 0 bridgehead atoms. The highest BCUT2D eigenvalue weighted by Crippen LogP contribution is 2.32. The SMILES string of the molecule is O=C(C(c1ccccc1)c1ccccc1)N1CCN(c2ccc(Cl)cc2[N+](=O)[O-])CC1. The van der Waals surface area contributed by atoms with Crippen molar-refractivity contribution in [3.63, 3.8) is 0 Å². The number of nitro groups is 1. The first-order valence-corrected chi connectivity index (χ1v) is 10.5. The van der Waals surface area contributed by atoms with Crippen molar-refractivity contribution in [3.05, 3.63) is 105 Å². The zero-order valence-corrected chi connectivity index (χ0v) is 17.6. The van der Waals surface area contributed by atoms with Crippen molar-refractivity contribution >= 4 is 28.9 Å². The maximum absolute atomic E-state index is 13.5. The minimum absolute atomic E-state index is 0.0151. The number of piperazine rings is 1. The van der Waals surface area contributed by atoms with Crippen molar-refractivity contribution in [1.82, 2.24) is 4.90 Å². The van der Waals surface area contributed by atoms with Crippen molar-refractivity contribution in [1.29, 1.82) is 0 Å². The summed E-state index contributed by atoms with van der Waals surface area (Å²) >= 11 is 5.94. The molecule has 1 aliphatic heterocycles. The smallest absolute Gasteiger partial charge is 0.294 e. The normalized spacial score (nSPS) is 14.0. The maximum Gasteiger partial charge on any atom is 0.294 e. The molecule has 1 heterocycles. The van der Waals surface area contributed by atoms with E-state index in [2.05, 4.69) is 0 Å². The van der Waals surface area contributed by atoms with Crippen LogP contribution in [0.25, 0.3) is 0 Å². The van der Waals surface area contributed by atoms with Gasteiger partial charge >= 0.3 is 0 Å². The van der Waals surface area contributed by atoms with Gasteiger partial charge in [0, 0.05) is 37.3 Å². The lowest BCUT2D eigenvalue weighted by Gasteiger charge is -2.37. The first-order chi connectivity index (χ1) is 15.0. The highest BCUT2D eigenvalue weighted by atomic mass is 35.5. The summed E-state index contributed by atoms with van der Waals surface area (Å²) in [5, 5.41) is 11.8. The number of rotatable bonds is 5. The van der Waals surface area contributed by atoms with Crippen LogP contribution in [0.3, 0.4) is 0 Å². The van der Waals surface area contributed by atoms with E-state index in [1.165, 1.54) is 6.07 Å². The first kappa shape index (κ1) is 20.9. The summed E-state index contributed by atoms with van der Waals surface area (Å²) in [6.07, 6.45) is 0. The van der Waals surface area contributed by atoms with Crippen LogP contribution in [0.2, 0.25) is 5.02 Å². The van der Waals surface area contributed by atoms with Crippen LogP contribution in [0.15, 0.2) is 78.9 Å². The number of carbonyl (C=O) groups excluding carboxylic acids is 1. The lowest BCUT2D eigenvalue weighted by molar-refractivity contribution is -0.384. The Bertz CT molecular complexity index is 1030. The fourth-order valence-electron chi connectivity index (χ4n) is 4.03. The van der Waals surface area contributed by atoms with Gasteiger partial charge in [0.2, 0.25) is 5.91 Å². The second-order valence-corrected chi connectivity index (χ2v) is 7.89. The Morgan fingerprint density at radius 2 is 1.42 bits per heavy atom. The Morgan fingerprint density at radius 3 is 1.94 bits per heavy atom. The number of hydrogen-bond donors (Lipinski definition) is 0. The van der Waals surface area contributed by atoms with Crippen molar-refractivity contribution in [2.45, 2.75) is 5.92 Å². The molecule has 1 aliphatic rings. The molecule has 0 spiro atoms. The molecule has 7 heteroatoms. The van der Waals surface area contributed by atoms with Gasteiger partial charge in [0.25, 0.3) is 5.69 Å². The third kappa shape index (κ3) is 4.54. The molecule has 158 valence electrons. The zero-order chi connectivity index (χ0) is 21.8. The van der Waals surface area contributed by atoms with E-state index in [9.17, 15) is 14.9 Å². The summed E-state index contributed by atoms with van der Waals surface area (Å²) in [6, 6.07) is 24.2. The molecule has 0 atom stereocenters. The van der Waals surface area contributed by atoms with Gasteiger partial charge in [0.05, 0.1) is 10.8 Å². The second-order valence-electron chi connectivity index (χ2n) is 7.46. The van der Waals surface area contributed by atoms with E-state index >= 15 is 0 Å². The van der Waals surface area contributed by atoms with Gasteiger partial charge in [-0.2, -0.15) is 0 Å². The van der Waals surface area contributed by atoms with E-state index in [0.717, 1.165) is 11.1 Å². The van der Waals surface area contributed by atoms with Gasteiger partial charge in [0.15, 0.2) is 0 Å². The number of carbonyl (C=O) groups is 1. The highest BCUT2D eigenvalue weighted by molar-refractivity contribution is 6.30. The molecule has 0 radical (unpaired) electrons. The topological polar surface area (TPSA) is 66.7 Å². The molecular weight excluding hydrogens is 414 g/mol. The fourth-order valence-corrected chi connectivity index (χ4v) is 4.20. The average molecular weight is 436 g/mol. The van der Waals surface area contributed by atoms with Crippen LogP contribution in [0.5, 0.6) is 0 Å². The summed E-state index contributed by atoms with van der Waals surface area (Å²) in [5.74, 6) is -0.332. The van der Waals surface area contributed by atoms with Gasteiger partial charge in [-0.15, -0.1) is 0 Å². The zero-order valence-electron chi connectivity index (χ0n) is 16.9. The van der Waals surface area contributed by atoms with E-state index in [1.54, 1.807) is 12.1 Å². The number of amides is 1. The molecule has 3 aromatic carbocycles. The molecule has 3 aromatic rings. The van der Waals surface area contributed by atoms with Crippen LogP contribution in [0.4, 0.5) is 11.4 Å². The maximum atomic E-state index is 13.5. The van der Waals surface area contributed by atoms with Gasteiger partial charge < -0.3 is 9.80 Å². The third-order valence-corrected chi connectivity index (χ3v) is 5.81. The van der Waals surface area contributed by atoms with Crippen molar-refractivity contribution in [3.8, 4) is 0 Å². The van der Waals surface area contributed by atoms with Crippen LogP contribution < -0.4 is 4.90 Å². The Kier molecular flexibility index (Phi) is 6.18. The summed E-state index contributed by atoms with van der Waals surface area (Å²) in [6.45, 7) is 2.03. The summed E-state index contributed by atoms with van der Waals surface area (Å²) < 4.78 is 0. The monoisotopic (exact) mass is 435 g/mol. The van der Waals surface area contributed by atoms with Gasteiger partial charge in [-0.3, -0.25) is 14.9 Å². The van der Waals surface area contributed by atoms with Crippen LogP contribution in [-0.2, 0) is 4.79 Å². The predicted octanol–water partition coefficient (Wildman–Crippen LogP) is 4.73. The van der Waals surface area contributed by atoms with E-state index in [1.807, 2.05) is 70.5 Å². The van der Waals surface area contributed by atoms with Crippen LogP contribution in [0, 0.1) is 10.1 Å². The lowest BCUT2D eigenvalue weighted by atomic mass is 9.90.